The van der Waals surface area contributed by atoms with Gasteiger partial charge >= 0.3 is 6.09 Å². The molecule has 1 amide bonds. The van der Waals surface area contributed by atoms with Crippen molar-refractivity contribution in [1.82, 2.24) is 15.6 Å². The van der Waals surface area contributed by atoms with Crippen LogP contribution in [0.2, 0.25) is 0 Å². The minimum Gasteiger partial charge on any atom is -0.444 e. The zero-order valence-corrected chi connectivity index (χ0v) is 17.9. The Hall–Kier alpha value is -2.55. The topological polar surface area (TPSA) is 102 Å². The predicted octanol–water partition coefficient (Wildman–Crippen LogP) is 3.31. The largest absolute Gasteiger partial charge is 0.444 e. The highest BCUT2D eigenvalue weighted by Gasteiger charge is 2.26. The fourth-order valence-corrected chi connectivity index (χ4v) is 4.07. The van der Waals surface area contributed by atoms with Gasteiger partial charge in [0.2, 0.25) is 0 Å². The second-order valence-corrected chi connectivity index (χ2v) is 9.06. The van der Waals surface area contributed by atoms with Gasteiger partial charge in [0.05, 0.1) is 18.9 Å². The summed E-state index contributed by atoms with van der Waals surface area (Å²) in [7, 11) is 0. The number of morpholine rings is 1. The van der Waals surface area contributed by atoms with Crippen LogP contribution >= 0.6 is 0 Å². The van der Waals surface area contributed by atoms with E-state index in [1.165, 1.54) is 0 Å². The molecule has 0 radical (unpaired) electrons. The van der Waals surface area contributed by atoms with Crippen LogP contribution in [0.4, 0.5) is 16.2 Å². The maximum Gasteiger partial charge on any atom is 0.407 e. The van der Waals surface area contributed by atoms with Gasteiger partial charge in [0, 0.05) is 30.9 Å². The van der Waals surface area contributed by atoms with Crippen LogP contribution in [0.1, 0.15) is 46.5 Å². The maximum atomic E-state index is 12.0. The summed E-state index contributed by atoms with van der Waals surface area (Å²) >= 11 is 0. The fraction of sp³-hybridized carbons (Fsp3) is 0.667. The molecule has 0 unspecified atom stereocenters. The molecule has 164 valence electrons. The minimum absolute atomic E-state index is 0.145. The molecule has 9 nitrogen and oxygen atoms in total. The number of rotatable bonds is 4. The molecule has 2 fully saturated rings. The summed E-state index contributed by atoms with van der Waals surface area (Å²) in [4.78, 5) is 14.3. The number of benzene rings is 1. The molecule has 1 aromatic heterocycles. The Morgan fingerprint density at radius 2 is 1.80 bits per heavy atom. The highest BCUT2D eigenvalue weighted by Crippen LogP contribution is 2.31. The summed E-state index contributed by atoms with van der Waals surface area (Å²) < 4.78 is 15.8. The number of carbonyl (C=O) groups excluding carboxylic acids is 1. The van der Waals surface area contributed by atoms with Gasteiger partial charge in [0.1, 0.15) is 11.1 Å². The number of aromatic nitrogens is 2. The number of alkyl carbamates (subject to hydrolysis) is 1. The number of carbonyl (C=O) groups is 1. The highest BCUT2D eigenvalue weighted by atomic mass is 16.6. The van der Waals surface area contributed by atoms with Crippen molar-refractivity contribution in [2.45, 2.75) is 64.1 Å². The predicted molar refractivity (Wildman–Crippen MR) is 114 cm³/mol. The van der Waals surface area contributed by atoms with E-state index < -0.39 is 5.60 Å². The van der Waals surface area contributed by atoms with Crippen molar-refractivity contribution >= 4 is 28.5 Å². The minimum atomic E-state index is -0.481. The molecule has 9 heteroatoms. The number of hydrogen-bond acceptors (Lipinski definition) is 8. The van der Waals surface area contributed by atoms with Crippen molar-refractivity contribution < 1.29 is 18.9 Å². The number of nitrogens with one attached hydrogen (secondary N) is 2. The van der Waals surface area contributed by atoms with Crippen molar-refractivity contribution in [2.24, 2.45) is 0 Å². The summed E-state index contributed by atoms with van der Waals surface area (Å²) in [6.45, 7) is 8.79. The first kappa shape index (κ1) is 20.7. The highest BCUT2D eigenvalue weighted by molar-refractivity contribution is 5.91. The van der Waals surface area contributed by atoms with Gasteiger partial charge in [-0.15, -0.1) is 0 Å². The summed E-state index contributed by atoms with van der Waals surface area (Å²) in [5, 5.41) is 14.8. The number of nitrogens with zero attached hydrogens (tertiary/aromatic N) is 3. The van der Waals surface area contributed by atoms with Crippen LogP contribution in [0, 0.1) is 0 Å². The molecule has 2 aliphatic rings. The van der Waals surface area contributed by atoms with Crippen molar-refractivity contribution in [2.75, 3.05) is 36.5 Å². The Morgan fingerprint density at radius 1 is 1.10 bits per heavy atom. The van der Waals surface area contributed by atoms with Crippen LogP contribution in [0.5, 0.6) is 0 Å². The lowest BCUT2D eigenvalue weighted by Gasteiger charge is -2.32. The molecule has 4 rings (SSSR count). The van der Waals surface area contributed by atoms with Crippen LogP contribution in [0.3, 0.4) is 0 Å². The van der Waals surface area contributed by atoms with E-state index in [1.54, 1.807) is 0 Å². The van der Waals surface area contributed by atoms with Gasteiger partial charge in [0.25, 0.3) is 0 Å². The lowest BCUT2D eigenvalue weighted by molar-refractivity contribution is 0.0492. The Balaban J connectivity index is 1.38. The lowest BCUT2D eigenvalue weighted by Crippen LogP contribution is -2.42. The van der Waals surface area contributed by atoms with E-state index in [0.717, 1.165) is 74.4 Å². The number of fused-ring (bicyclic) bond motifs is 1. The zero-order valence-electron chi connectivity index (χ0n) is 17.9. The molecule has 1 saturated heterocycles. The van der Waals surface area contributed by atoms with Gasteiger partial charge in [-0.2, -0.15) is 0 Å². The summed E-state index contributed by atoms with van der Waals surface area (Å²) in [6, 6.07) is 4.60. The van der Waals surface area contributed by atoms with Crippen molar-refractivity contribution in [1.29, 1.82) is 0 Å². The van der Waals surface area contributed by atoms with E-state index in [2.05, 4.69) is 31.9 Å². The molecular formula is C21H31N5O4. The molecule has 0 spiro atoms. The van der Waals surface area contributed by atoms with Crippen LogP contribution < -0.4 is 15.5 Å². The number of hydrogen-bond donors (Lipinski definition) is 2. The van der Waals surface area contributed by atoms with Gasteiger partial charge < -0.3 is 25.0 Å². The third-order valence-corrected chi connectivity index (χ3v) is 5.53. The quantitative estimate of drug-likeness (QED) is 0.781. The molecule has 1 saturated carbocycles. The lowest BCUT2D eigenvalue weighted by atomic mass is 9.91. The summed E-state index contributed by atoms with van der Waals surface area (Å²) in [5.41, 5.74) is 3.07. The molecular weight excluding hydrogens is 386 g/mol. The molecule has 1 aliphatic carbocycles. The van der Waals surface area contributed by atoms with Crippen LogP contribution in [0.15, 0.2) is 16.8 Å². The molecule has 30 heavy (non-hydrogen) atoms. The number of amides is 1. The average molecular weight is 418 g/mol. The van der Waals surface area contributed by atoms with E-state index in [4.69, 9.17) is 14.1 Å². The molecule has 2 N–H and O–H groups in total. The van der Waals surface area contributed by atoms with Crippen molar-refractivity contribution in [3.05, 3.63) is 12.1 Å². The summed E-state index contributed by atoms with van der Waals surface area (Å²) in [5.74, 6) is 0. The average Bonchev–Trinajstić information content (AvgIpc) is 3.18. The molecule has 1 aliphatic heterocycles. The second kappa shape index (κ2) is 8.67. The van der Waals surface area contributed by atoms with Crippen molar-refractivity contribution in [3.8, 4) is 0 Å². The zero-order chi connectivity index (χ0) is 21.1. The Bertz CT molecular complexity index is 864. The van der Waals surface area contributed by atoms with Crippen molar-refractivity contribution in [3.63, 3.8) is 0 Å². The van der Waals surface area contributed by atoms with E-state index in [0.29, 0.717) is 6.04 Å². The number of ether oxygens (including phenoxy) is 2. The van der Waals surface area contributed by atoms with Gasteiger partial charge in [0.15, 0.2) is 5.52 Å². The van der Waals surface area contributed by atoms with Gasteiger partial charge in [-0.3, -0.25) is 0 Å². The maximum absolute atomic E-state index is 12.0. The first-order valence-corrected chi connectivity index (χ1v) is 10.7. The normalized spacial score (nSPS) is 22.7. The smallest absolute Gasteiger partial charge is 0.407 e. The van der Waals surface area contributed by atoms with Crippen LogP contribution in [-0.2, 0) is 9.47 Å². The Morgan fingerprint density at radius 3 is 2.50 bits per heavy atom. The molecule has 0 bridgehead atoms. The first-order chi connectivity index (χ1) is 14.4. The van der Waals surface area contributed by atoms with Gasteiger partial charge in [-0.05, 0) is 68.9 Å². The Labute approximate surface area is 176 Å². The van der Waals surface area contributed by atoms with Gasteiger partial charge in [-0.25, -0.2) is 9.42 Å². The molecule has 0 atom stereocenters. The molecule has 1 aromatic carbocycles. The Kier molecular flexibility index (Phi) is 5.99. The summed E-state index contributed by atoms with van der Waals surface area (Å²) in [6.07, 6.45) is 3.37. The van der Waals surface area contributed by atoms with Gasteiger partial charge in [-0.1, -0.05) is 0 Å². The molecule has 2 aromatic rings. The van der Waals surface area contributed by atoms with E-state index >= 15 is 0 Å². The number of anilines is 2. The van der Waals surface area contributed by atoms with E-state index in [1.807, 2.05) is 26.8 Å². The third kappa shape index (κ3) is 5.13. The monoisotopic (exact) mass is 417 g/mol. The first-order valence-electron chi connectivity index (χ1n) is 10.7. The van der Waals surface area contributed by atoms with E-state index in [-0.39, 0.29) is 12.1 Å². The fourth-order valence-electron chi connectivity index (χ4n) is 4.07. The SMILES string of the molecule is CC(C)(C)OC(=O)N[C@H]1CC[C@@H](Nc2cc(N3CCOCC3)cc3nonc23)CC1. The third-order valence-electron chi connectivity index (χ3n) is 5.53. The molecule has 2 heterocycles. The van der Waals surface area contributed by atoms with Crippen LogP contribution in [-0.4, -0.2) is 60.4 Å². The standard InChI is InChI=1S/C21H31N5O4/c1-21(2,3)29-20(27)23-15-6-4-14(5-7-15)22-17-12-16(26-8-10-28-11-9-26)13-18-19(17)25-30-24-18/h12-15,22H,4-11H2,1-3H3,(H,23,27)/t14-,15+. The van der Waals surface area contributed by atoms with Crippen LogP contribution in [0.25, 0.3) is 11.0 Å². The second-order valence-electron chi connectivity index (χ2n) is 9.06. The van der Waals surface area contributed by atoms with E-state index in [9.17, 15) is 4.79 Å².